The van der Waals surface area contributed by atoms with Gasteiger partial charge < -0.3 is 9.80 Å². The van der Waals surface area contributed by atoms with Gasteiger partial charge in [-0.2, -0.15) is 0 Å². The average Bonchev–Trinajstić information content (AvgIpc) is 2.88. The van der Waals surface area contributed by atoms with Crippen LogP contribution in [0.1, 0.15) is 12.2 Å². The highest BCUT2D eigenvalue weighted by atomic mass is 32.2. The molecule has 2 aromatic heterocycles. The Morgan fingerprint density at radius 3 is 2.56 bits per heavy atom. The lowest BCUT2D eigenvalue weighted by molar-refractivity contribution is -0.115. The van der Waals surface area contributed by atoms with Crippen molar-refractivity contribution >= 4 is 40.5 Å². The second-order valence-corrected chi connectivity index (χ2v) is 7.17. The highest BCUT2D eigenvalue weighted by Crippen LogP contribution is 2.25. The fraction of sp³-hybridized carbons (Fsp3) is 0.278. The van der Waals surface area contributed by atoms with Crippen molar-refractivity contribution in [3.05, 3.63) is 47.5 Å². The van der Waals surface area contributed by atoms with Crippen molar-refractivity contribution in [2.75, 3.05) is 36.0 Å². The second kappa shape index (κ2) is 7.75. The molecule has 0 radical (unpaired) electrons. The summed E-state index contributed by atoms with van der Waals surface area (Å²) in [6.45, 7) is 3.59. The van der Waals surface area contributed by atoms with E-state index in [2.05, 4.69) is 30.1 Å². The molecule has 8 nitrogen and oxygen atoms in total. The number of hydrogen-bond donors (Lipinski definition) is 1. The molecule has 2 saturated heterocycles. The van der Waals surface area contributed by atoms with Crippen LogP contribution in [-0.2, 0) is 4.79 Å². The summed E-state index contributed by atoms with van der Waals surface area (Å²) in [6, 6.07) is 5.92. The summed E-state index contributed by atoms with van der Waals surface area (Å²) in [6.07, 6.45) is 7.86. The summed E-state index contributed by atoms with van der Waals surface area (Å²) in [4.78, 5) is 40.7. The van der Waals surface area contributed by atoms with Crippen LogP contribution in [0.3, 0.4) is 0 Å². The maximum Gasteiger partial charge on any atom is 0.290 e. The normalized spacial score (nSPS) is 19.3. The topological polar surface area (TPSA) is 91.3 Å². The molecule has 2 fully saturated rings. The lowest BCUT2D eigenvalue weighted by Gasteiger charge is -2.24. The fourth-order valence-corrected chi connectivity index (χ4v) is 3.76. The summed E-state index contributed by atoms with van der Waals surface area (Å²) < 4.78 is 0. The SMILES string of the molecule is O=C1NC(=O)/C(=C/c2nccc(N3CCCN(c4ccncc4)CC3)n2)S1. The molecule has 0 atom stereocenters. The molecule has 2 amide bonds. The van der Waals surface area contributed by atoms with Gasteiger partial charge in [0.15, 0.2) is 5.82 Å². The maximum atomic E-state index is 11.7. The van der Waals surface area contributed by atoms with Crippen LogP contribution < -0.4 is 15.1 Å². The number of nitrogens with one attached hydrogen (secondary N) is 1. The van der Waals surface area contributed by atoms with Crippen LogP contribution in [0.2, 0.25) is 0 Å². The number of pyridine rings is 1. The molecule has 0 spiro atoms. The van der Waals surface area contributed by atoms with Crippen LogP contribution in [0, 0.1) is 0 Å². The van der Waals surface area contributed by atoms with E-state index < -0.39 is 5.91 Å². The van der Waals surface area contributed by atoms with Crippen molar-refractivity contribution in [3.63, 3.8) is 0 Å². The quantitative estimate of drug-likeness (QED) is 0.805. The number of hydrogen-bond acceptors (Lipinski definition) is 8. The number of anilines is 2. The van der Waals surface area contributed by atoms with Crippen LogP contribution in [0.4, 0.5) is 16.3 Å². The van der Waals surface area contributed by atoms with E-state index in [0.717, 1.165) is 50.2 Å². The van der Waals surface area contributed by atoms with Gasteiger partial charge in [-0.25, -0.2) is 9.97 Å². The molecule has 2 aliphatic heterocycles. The first-order chi connectivity index (χ1) is 13.2. The third-order valence-electron chi connectivity index (χ3n) is 4.41. The Morgan fingerprint density at radius 1 is 1.00 bits per heavy atom. The molecule has 0 bridgehead atoms. The number of amides is 2. The first kappa shape index (κ1) is 17.5. The smallest absolute Gasteiger partial charge is 0.290 e. The largest absolute Gasteiger partial charge is 0.370 e. The highest BCUT2D eigenvalue weighted by molar-refractivity contribution is 8.18. The number of nitrogens with zero attached hydrogens (tertiary/aromatic N) is 5. The molecule has 2 aromatic rings. The summed E-state index contributed by atoms with van der Waals surface area (Å²) in [5, 5.41) is 1.87. The summed E-state index contributed by atoms with van der Waals surface area (Å²) in [7, 11) is 0. The molecule has 4 rings (SSSR count). The Labute approximate surface area is 160 Å². The van der Waals surface area contributed by atoms with Gasteiger partial charge in [0.25, 0.3) is 11.1 Å². The van der Waals surface area contributed by atoms with E-state index in [0.29, 0.717) is 10.7 Å². The van der Waals surface area contributed by atoms with Gasteiger partial charge in [-0.3, -0.25) is 19.9 Å². The van der Waals surface area contributed by atoms with Gasteiger partial charge >= 0.3 is 0 Å². The summed E-state index contributed by atoms with van der Waals surface area (Å²) in [5.74, 6) is 0.847. The third kappa shape index (κ3) is 4.08. The number of aromatic nitrogens is 3. The molecular weight excluding hydrogens is 364 g/mol. The molecule has 1 N–H and O–H groups in total. The third-order valence-corrected chi connectivity index (χ3v) is 5.22. The predicted molar refractivity (Wildman–Crippen MR) is 104 cm³/mol. The van der Waals surface area contributed by atoms with E-state index in [-0.39, 0.29) is 5.24 Å². The Kier molecular flexibility index (Phi) is 5.01. The van der Waals surface area contributed by atoms with E-state index in [1.807, 2.05) is 30.6 Å². The van der Waals surface area contributed by atoms with Gasteiger partial charge in [0.2, 0.25) is 0 Å². The molecule has 0 aliphatic carbocycles. The van der Waals surface area contributed by atoms with Gasteiger partial charge in [-0.05, 0) is 36.4 Å². The maximum absolute atomic E-state index is 11.7. The van der Waals surface area contributed by atoms with Crippen LogP contribution in [0.25, 0.3) is 6.08 Å². The van der Waals surface area contributed by atoms with E-state index >= 15 is 0 Å². The Hall–Kier alpha value is -2.94. The monoisotopic (exact) mass is 382 g/mol. The van der Waals surface area contributed by atoms with Gasteiger partial charge in [0.05, 0.1) is 4.91 Å². The van der Waals surface area contributed by atoms with Crippen LogP contribution in [0.15, 0.2) is 41.7 Å². The number of carbonyl (C=O) groups excluding carboxylic acids is 2. The Bertz CT molecular complexity index is 888. The number of thioether (sulfide) groups is 1. The minimum atomic E-state index is -0.401. The molecular formula is C18H18N6O2S. The number of carbonyl (C=O) groups is 2. The van der Waals surface area contributed by atoms with Crippen molar-refractivity contribution in [3.8, 4) is 0 Å². The lowest BCUT2D eigenvalue weighted by Crippen LogP contribution is -2.31. The fourth-order valence-electron chi connectivity index (χ4n) is 3.11. The molecule has 2 aliphatic rings. The van der Waals surface area contributed by atoms with Gasteiger partial charge in [0, 0.05) is 56.5 Å². The number of rotatable bonds is 3. The van der Waals surface area contributed by atoms with Crippen LogP contribution >= 0.6 is 11.8 Å². The van der Waals surface area contributed by atoms with Crippen molar-refractivity contribution in [2.45, 2.75) is 6.42 Å². The molecule has 0 saturated carbocycles. The molecule has 0 unspecified atom stereocenters. The Morgan fingerprint density at radius 2 is 1.78 bits per heavy atom. The van der Waals surface area contributed by atoms with Crippen LogP contribution in [0.5, 0.6) is 0 Å². The van der Waals surface area contributed by atoms with Crippen molar-refractivity contribution < 1.29 is 9.59 Å². The van der Waals surface area contributed by atoms with E-state index in [4.69, 9.17) is 0 Å². The van der Waals surface area contributed by atoms with Crippen molar-refractivity contribution in [1.82, 2.24) is 20.3 Å². The number of imide groups is 1. The van der Waals surface area contributed by atoms with Crippen molar-refractivity contribution in [2.24, 2.45) is 0 Å². The van der Waals surface area contributed by atoms with Gasteiger partial charge in [-0.15, -0.1) is 0 Å². The van der Waals surface area contributed by atoms with E-state index in [1.54, 1.807) is 12.3 Å². The molecule has 4 heterocycles. The second-order valence-electron chi connectivity index (χ2n) is 6.16. The Balaban J connectivity index is 1.48. The molecule has 0 aromatic carbocycles. The minimum Gasteiger partial charge on any atom is -0.370 e. The predicted octanol–water partition coefficient (Wildman–Crippen LogP) is 1.91. The first-order valence-corrected chi connectivity index (χ1v) is 9.48. The average molecular weight is 382 g/mol. The molecule has 9 heteroatoms. The molecule has 138 valence electrons. The summed E-state index contributed by atoms with van der Waals surface area (Å²) >= 11 is 0.867. The first-order valence-electron chi connectivity index (χ1n) is 8.67. The summed E-state index contributed by atoms with van der Waals surface area (Å²) in [5.41, 5.74) is 1.17. The van der Waals surface area contributed by atoms with E-state index in [1.165, 1.54) is 5.69 Å². The zero-order valence-electron chi connectivity index (χ0n) is 14.5. The highest BCUT2D eigenvalue weighted by Gasteiger charge is 2.25. The zero-order valence-corrected chi connectivity index (χ0v) is 15.4. The zero-order chi connectivity index (χ0) is 18.6. The van der Waals surface area contributed by atoms with Gasteiger partial charge in [0.1, 0.15) is 5.82 Å². The lowest BCUT2D eigenvalue weighted by atomic mass is 10.3. The molecule has 27 heavy (non-hydrogen) atoms. The minimum absolute atomic E-state index is 0.317. The standard InChI is InChI=1S/C18H18N6O2S/c25-17-14(27-18(26)22-17)12-15-20-7-4-16(21-15)24-9-1-8-23(10-11-24)13-2-5-19-6-3-13/h2-7,12H,1,8-11H2,(H,22,25,26)/b14-12-. The van der Waals surface area contributed by atoms with Crippen LogP contribution in [-0.4, -0.2) is 52.3 Å². The van der Waals surface area contributed by atoms with Crippen molar-refractivity contribution in [1.29, 1.82) is 0 Å². The van der Waals surface area contributed by atoms with E-state index in [9.17, 15) is 9.59 Å². The van der Waals surface area contributed by atoms with Gasteiger partial charge in [-0.1, -0.05) is 0 Å².